The number of fused-ring (bicyclic) bond motifs is 1. The molecule has 0 amide bonds. The van der Waals surface area contributed by atoms with E-state index in [4.69, 9.17) is 5.11 Å². The molecule has 0 atom stereocenters. The Morgan fingerprint density at radius 2 is 2.19 bits per heavy atom. The van der Waals surface area contributed by atoms with Crippen LogP contribution in [0.3, 0.4) is 0 Å². The number of hydrogen-bond acceptors (Lipinski definition) is 3. The van der Waals surface area contributed by atoms with E-state index in [1.807, 2.05) is 0 Å². The summed E-state index contributed by atoms with van der Waals surface area (Å²) in [5.41, 5.74) is -0.0297. The number of carboxylic acids is 1. The van der Waals surface area contributed by atoms with Crippen LogP contribution in [0, 0.1) is 10.1 Å². The number of nitrogens with zero attached hydrogens (tertiary/aromatic N) is 1. The van der Waals surface area contributed by atoms with E-state index in [0.717, 1.165) is 0 Å². The highest BCUT2D eigenvalue weighted by atomic mass is 79.9. The highest BCUT2D eigenvalue weighted by molar-refractivity contribution is 9.10. The Morgan fingerprint density at radius 1 is 1.50 bits per heavy atom. The van der Waals surface area contributed by atoms with Crippen molar-refractivity contribution in [2.75, 3.05) is 0 Å². The number of carbonyl (C=O) groups is 1. The van der Waals surface area contributed by atoms with E-state index >= 15 is 0 Å². The predicted octanol–water partition coefficient (Wildman–Crippen LogP) is 2.54. The molecule has 0 aliphatic heterocycles. The molecule has 0 saturated heterocycles. The number of aromatic carboxylic acids is 1. The van der Waals surface area contributed by atoms with E-state index in [1.54, 1.807) is 6.07 Å². The number of aromatic nitrogens is 1. The Labute approximate surface area is 97.2 Å². The van der Waals surface area contributed by atoms with Gasteiger partial charge in [0.1, 0.15) is 11.2 Å². The summed E-state index contributed by atoms with van der Waals surface area (Å²) in [5, 5.41) is 20.1. The zero-order valence-electron chi connectivity index (χ0n) is 7.73. The van der Waals surface area contributed by atoms with Crippen molar-refractivity contribution in [2.24, 2.45) is 0 Å². The molecule has 0 spiro atoms. The van der Waals surface area contributed by atoms with Crippen molar-refractivity contribution in [1.29, 1.82) is 0 Å². The largest absolute Gasteiger partial charge is 0.477 e. The Balaban J connectivity index is 2.82. The van der Waals surface area contributed by atoms with E-state index in [9.17, 15) is 14.9 Å². The highest BCUT2D eigenvalue weighted by Gasteiger charge is 2.20. The van der Waals surface area contributed by atoms with Crippen LogP contribution >= 0.6 is 15.9 Å². The van der Waals surface area contributed by atoms with Gasteiger partial charge in [-0.15, -0.1) is 0 Å². The van der Waals surface area contributed by atoms with Gasteiger partial charge in [-0.2, -0.15) is 0 Å². The fraction of sp³-hybridized carbons (Fsp3) is 0. The zero-order valence-corrected chi connectivity index (χ0v) is 9.32. The minimum absolute atomic E-state index is 0.0730. The fourth-order valence-corrected chi connectivity index (χ4v) is 1.93. The Bertz CT molecular complexity index is 605. The second-order valence-corrected chi connectivity index (χ2v) is 3.96. The maximum Gasteiger partial charge on any atom is 0.352 e. The van der Waals surface area contributed by atoms with Crippen molar-refractivity contribution in [3.05, 3.63) is 38.5 Å². The van der Waals surface area contributed by atoms with E-state index in [-0.39, 0.29) is 16.9 Å². The number of aromatic amines is 1. The van der Waals surface area contributed by atoms with Gasteiger partial charge in [-0.3, -0.25) is 10.1 Å². The summed E-state index contributed by atoms with van der Waals surface area (Å²) in [4.78, 5) is 23.5. The molecule has 7 heteroatoms. The van der Waals surface area contributed by atoms with Gasteiger partial charge >= 0.3 is 11.7 Å². The fourth-order valence-electron chi connectivity index (χ4n) is 1.45. The molecule has 16 heavy (non-hydrogen) atoms. The van der Waals surface area contributed by atoms with E-state index < -0.39 is 10.9 Å². The summed E-state index contributed by atoms with van der Waals surface area (Å²) in [6.07, 6.45) is 0. The van der Waals surface area contributed by atoms with Crippen molar-refractivity contribution >= 4 is 38.5 Å². The zero-order chi connectivity index (χ0) is 11.9. The number of carboxylic acid groups (broad SMARTS) is 1. The first-order chi connectivity index (χ1) is 7.50. The first-order valence-corrected chi connectivity index (χ1v) is 4.99. The van der Waals surface area contributed by atoms with Crippen molar-refractivity contribution in [3.8, 4) is 0 Å². The van der Waals surface area contributed by atoms with Gasteiger partial charge in [0, 0.05) is 5.39 Å². The number of nitro groups is 1. The lowest BCUT2D eigenvalue weighted by molar-refractivity contribution is -0.384. The molecule has 0 saturated carbocycles. The molecule has 0 fully saturated rings. The maximum absolute atomic E-state index is 10.8. The summed E-state index contributed by atoms with van der Waals surface area (Å²) >= 11 is 3.06. The van der Waals surface area contributed by atoms with Crippen molar-refractivity contribution in [3.63, 3.8) is 0 Å². The molecular weight excluding hydrogens is 280 g/mol. The normalized spacial score (nSPS) is 10.6. The lowest BCUT2D eigenvalue weighted by Crippen LogP contribution is -1.95. The number of benzene rings is 1. The lowest BCUT2D eigenvalue weighted by Gasteiger charge is -1.96. The molecule has 1 aromatic heterocycles. The highest BCUT2D eigenvalue weighted by Crippen LogP contribution is 2.33. The molecule has 2 rings (SSSR count). The Kier molecular flexibility index (Phi) is 2.39. The molecule has 82 valence electrons. The Hall–Kier alpha value is -1.89. The van der Waals surface area contributed by atoms with Gasteiger partial charge in [-0.05, 0) is 28.1 Å². The van der Waals surface area contributed by atoms with Crippen LogP contribution in [-0.4, -0.2) is 21.0 Å². The third kappa shape index (κ3) is 1.54. The summed E-state index contributed by atoms with van der Waals surface area (Å²) in [5.74, 6) is -1.15. The van der Waals surface area contributed by atoms with Gasteiger partial charge < -0.3 is 10.1 Å². The smallest absolute Gasteiger partial charge is 0.352 e. The van der Waals surface area contributed by atoms with Gasteiger partial charge in [0.2, 0.25) is 0 Å². The molecule has 0 radical (unpaired) electrons. The molecule has 0 unspecified atom stereocenters. The molecule has 0 aliphatic carbocycles. The average Bonchev–Trinajstić information content (AvgIpc) is 2.60. The van der Waals surface area contributed by atoms with Gasteiger partial charge in [0.15, 0.2) is 0 Å². The van der Waals surface area contributed by atoms with Gasteiger partial charge in [-0.25, -0.2) is 4.79 Å². The van der Waals surface area contributed by atoms with Crippen LogP contribution < -0.4 is 0 Å². The van der Waals surface area contributed by atoms with Crippen LogP contribution in [-0.2, 0) is 0 Å². The third-order valence-electron chi connectivity index (χ3n) is 2.13. The summed E-state index contributed by atoms with van der Waals surface area (Å²) in [6.45, 7) is 0. The topological polar surface area (TPSA) is 96.2 Å². The molecular formula is C9H5BrN2O4. The number of halogens is 1. The summed E-state index contributed by atoms with van der Waals surface area (Å²) in [7, 11) is 0. The number of nitro benzene ring substituents is 1. The first kappa shape index (κ1) is 10.6. The van der Waals surface area contributed by atoms with Crippen LogP contribution in [0.2, 0.25) is 0 Å². The minimum Gasteiger partial charge on any atom is -0.477 e. The number of H-pyrrole nitrogens is 1. The molecule has 6 nitrogen and oxygen atoms in total. The van der Waals surface area contributed by atoms with Crippen LogP contribution in [0.4, 0.5) is 5.69 Å². The average molecular weight is 285 g/mol. The third-order valence-corrected chi connectivity index (χ3v) is 2.77. The van der Waals surface area contributed by atoms with Crippen molar-refractivity contribution in [2.45, 2.75) is 0 Å². The van der Waals surface area contributed by atoms with Gasteiger partial charge in [0.25, 0.3) is 0 Å². The number of hydrogen-bond donors (Lipinski definition) is 2. The summed E-state index contributed by atoms with van der Waals surface area (Å²) < 4.78 is 0.309. The van der Waals surface area contributed by atoms with Crippen LogP contribution in [0.15, 0.2) is 22.7 Å². The second-order valence-electron chi connectivity index (χ2n) is 3.11. The molecule has 1 aromatic carbocycles. The SMILES string of the molecule is O=C(O)c1cc2ccc(Br)c([N+](=O)[O-])c2[nH]1. The maximum atomic E-state index is 10.8. The number of nitrogens with one attached hydrogen (secondary N) is 1. The van der Waals surface area contributed by atoms with Crippen LogP contribution in [0.1, 0.15) is 10.5 Å². The van der Waals surface area contributed by atoms with Crippen LogP contribution in [0.5, 0.6) is 0 Å². The van der Waals surface area contributed by atoms with E-state index in [0.29, 0.717) is 9.86 Å². The standard InChI is InChI=1S/C9H5BrN2O4/c10-5-2-1-4-3-6(9(13)14)11-7(4)8(5)12(15)16/h1-3,11H,(H,13,14). The molecule has 0 aliphatic rings. The van der Waals surface area contributed by atoms with Gasteiger partial charge in [0.05, 0.1) is 9.40 Å². The van der Waals surface area contributed by atoms with E-state index in [1.165, 1.54) is 12.1 Å². The van der Waals surface area contributed by atoms with Crippen molar-refractivity contribution in [1.82, 2.24) is 4.98 Å². The quantitative estimate of drug-likeness (QED) is 0.654. The van der Waals surface area contributed by atoms with E-state index in [2.05, 4.69) is 20.9 Å². The molecule has 2 N–H and O–H groups in total. The molecule has 1 heterocycles. The Morgan fingerprint density at radius 3 is 2.75 bits per heavy atom. The minimum atomic E-state index is -1.15. The van der Waals surface area contributed by atoms with Gasteiger partial charge in [-0.1, -0.05) is 6.07 Å². The number of rotatable bonds is 2. The molecule has 2 aromatic rings. The summed E-state index contributed by atoms with van der Waals surface area (Å²) in [6, 6.07) is 4.48. The second kappa shape index (κ2) is 3.60. The monoisotopic (exact) mass is 284 g/mol. The molecule has 0 bridgehead atoms. The first-order valence-electron chi connectivity index (χ1n) is 4.19. The lowest BCUT2D eigenvalue weighted by atomic mass is 10.2. The van der Waals surface area contributed by atoms with Crippen LogP contribution in [0.25, 0.3) is 10.9 Å². The predicted molar refractivity (Wildman–Crippen MR) is 59.6 cm³/mol. The van der Waals surface area contributed by atoms with Crippen molar-refractivity contribution < 1.29 is 14.8 Å².